The SMILES string of the molecule is C[C@@H]1CN(S(=O)(=O)c2ccc(NC(=O)CNc3ccccc3-n3cnnn3)cc2)C[C@@H](C)O1. The second-order valence-corrected chi connectivity index (χ2v) is 9.71. The predicted molar refractivity (Wildman–Crippen MR) is 121 cm³/mol. The summed E-state index contributed by atoms with van der Waals surface area (Å²) < 4.78 is 34.5. The summed E-state index contributed by atoms with van der Waals surface area (Å²) in [6, 6.07) is 13.5. The first-order valence-corrected chi connectivity index (χ1v) is 11.9. The van der Waals surface area contributed by atoms with Gasteiger partial charge in [-0.05, 0) is 60.7 Å². The van der Waals surface area contributed by atoms with Crippen LogP contribution in [0.1, 0.15) is 13.8 Å². The zero-order valence-electron chi connectivity index (χ0n) is 18.2. The van der Waals surface area contributed by atoms with Crippen molar-refractivity contribution in [3.63, 3.8) is 0 Å². The van der Waals surface area contributed by atoms with Gasteiger partial charge >= 0.3 is 0 Å². The molecule has 0 saturated carbocycles. The Bertz CT molecular complexity index is 1190. The first-order chi connectivity index (χ1) is 15.8. The van der Waals surface area contributed by atoms with Crippen molar-refractivity contribution in [3.05, 3.63) is 54.9 Å². The van der Waals surface area contributed by atoms with Gasteiger partial charge in [0.2, 0.25) is 15.9 Å². The van der Waals surface area contributed by atoms with Crippen LogP contribution in [-0.4, -0.2) is 70.7 Å². The minimum absolute atomic E-state index is 0.00272. The number of ether oxygens (including phenoxy) is 1. The van der Waals surface area contributed by atoms with Gasteiger partial charge in [-0.3, -0.25) is 4.79 Å². The Morgan fingerprint density at radius 3 is 2.45 bits per heavy atom. The van der Waals surface area contributed by atoms with Crippen LogP contribution >= 0.6 is 0 Å². The number of morpholine rings is 1. The van der Waals surface area contributed by atoms with Crippen LogP contribution in [0, 0.1) is 0 Å². The number of sulfonamides is 1. The molecule has 1 aromatic heterocycles. The van der Waals surface area contributed by atoms with E-state index >= 15 is 0 Å². The van der Waals surface area contributed by atoms with Crippen LogP contribution in [0.15, 0.2) is 59.8 Å². The summed E-state index contributed by atoms with van der Waals surface area (Å²) in [5, 5.41) is 16.9. The molecule has 33 heavy (non-hydrogen) atoms. The molecule has 1 saturated heterocycles. The van der Waals surface area contributed by atoms with Gasteiger partial charge in [0, 0.05) is 18.8 Å². The standard InChI is InChI=1S/C21H25N7O4S/c1-15-12-27(13-16(2)32-15)33(30,31)18-9-7-17(8-10-18)24-21(29)11-22-19-5-3-4-6-20(19)28-14-23-25-26-28/h3-10,14-16,22H,11-13H2,1-2H3,(H,24,29)/t15-,16-/m1/s1. The molecule has 0 spiro atoms. The molecule has 1 fully saturated rings. The Morgan fingerprint density at radius 2 is 1.79 bits per heavy atom. The van der Waals surface area contributed by atoms with Crippen LogP contribution in [0.25, 0.3) is 5.69 Å². The minimum atomic E-state index is -3.64. The Kier molecular flexibility index (Phi) is 6.67. The molecule has 2 aromatic carbocycles. The Hall–Kier alpha value is -3.35. The molecule has 1 aliphatic rings. The lowest BCUT2D eigenvalue weighted by Gasteiger charge is -2.34. The number of benzene rings is 2. The molecule has 0 bridgehead atoms. The number of aromatic nitrogens is 4. The highest BCUT2D eigenvalue weighted by Crippen LogP contribution is 2.23. The lowest BCUT2D eigenvalue weighted by molar-refractivity contribution is -0.114. The second-order valence-electron chi connectivity index (χ2n) is 7.78. The van der Waals surface area contributed by atoms with Gasteiger partial charge in [-0.25, -0.2) is 8.42 Å². The molecule has 2 atom stereocenters. The Balaban J connectivity index is 1.37. The van der Waals surface area contributed by atoms with Crippen molar-refractivity contribution in [2.75, 3.05) is 30.3 Å². The molecular weight excluding hydrogens is 446 g/mol. The van der Waals surface area contributed by atoms with Crippen molar-refractivity contribution in [2.24, 2.45) is 0 Å². The lowest BCUT2D eigenvalue weighted by atomic mass is 10.2. The Labute approximate surface area is 191 Å². The fourth-order valence-corrected chi connectivity index (χ4v) is 5.25. The van der Waals surface area contributed by atoms with E-state index in [4.69, 9.17) is 4.74 Å². The molecule has 2 N–H and O–H groups in total. The van der Waals surface area contributed by atoms with Crippen molar-refractivity contribution < 1.29 is 17.9 Å². The number of amides is 1. The number of hydrogen-bond donors (Lipinski definition) is 2. The van der Waals surface area contributed by atoms with Crippen molar-refractivity contribution in [1.29, 1.82) is 0 Å². The summed E-state index contributed by atoms with van der Waals surface area (Å²) in [5.41, 5.74) is 1.89. The maximum absolute atomic E-state index is 13.0. The molecule has 0 radical (unpaired) electrons. The number of anilines is 2. The molecule has 1 aliphatic heterocycles. The van der Waals surface area contributed by atoms with E-state index in [1.165, 1.54) is 27.4 Å². The number of para-hydroxylation sites is 2. The van der Waals surface area contributed by atoms with E-state index in [0.717, 1.165) is 0 Å². The van der Waals surface area contributed by atoms with Gasteiger partial charge < -0.3 is 15.4 Å². The van der Waals surface area contributed by atoms with Gasteiger partial charge in [-0.1, -0.05) is 12.1 Å². The van der Waals surface area contributed by atoms with Crippen molar-refractivity contribution in [2.45, 2.75) is 31.0 Å². The van der Waals surface area contributed by atoms with Crippen molar-refractivity contribution in [1.82, 2.24) is 24.5 Å². The van der Waals surface area contributed by atoms with Crippen LogP contribution in [0.5, 0.6) is 0 Å². The Morgan fingerprint density at radius 1 is 1.09 bits per heavy atom. The van der Waals surface area contributed by atoms with E-state index in [1.54, 1.807) is 12.1 Å². The normalized spacial score (nSPS) is 19.2. The zero-order valence-corrected chi connectivity index (χ0v) is 19.1. The highest BCUT2D eigenvalue weighted by atomic mass is 32.2. The summed E-state index contributed by atoms with van der Waals surface area (Å²) in [5.74, 6) is -0.284. The monoisotopic (exact) mass is 471 g/mol. The maximum Gasteiger partial charge on any atom is 0.243 e. The molecule has 4 rings (SSSR count). The third kappa shape index (κ3) is 5.35. The van der Waals surface area contributed by atoms with E-state index in [0.29, 0.717) is 30.2 Å². The van der Waals surface area contributed by atoms with Gasteiger partial charge in [0.1, 0.15) is 6.33 Å². The van der Waals surface area contributed by atoms with E-state index in [1.807, 2.05) is 38.1 Å². The number of tetrazole rings is 1. The summed E-state index contributed by atoms with van der Waals surface area (Å²) in [6.45, 7) is 4.33. The highest BCUT2D eigenvalue weighted by molar-refractivity contribution is 7.89. The third-order valence-electron chi connectivity index (χ3n) is 5.10. The largest absolute Gasteiger partial charge is 0.374 e. The predicted octanol–water partition coefficient (Wildman–Crippen LogP) is 1.51. The first kappa shape index (κ1) is 22.8. The van der Waals surface area contributed by atoms with Crippen LogP contribution in [0.4, 0.5) is 11.4 Å². The van der Waals surface area contributed by atoms with Gasteiger partial charge in [0.15, 0.2) is 0 Å². The van der Waals surface area contributed by atoms with E-state index < -0.39 is 10.0 Å². The van der Waals surface area contributed by atoms with Crippen molar-refractivity contribution in [3.8, 4) is 5.69 Å². The van der Waals surface area contributed by atoms with Crippen LogP contribution < -0.4 is 10.6 Å². The highest BCUT2D eigenvalue weighted by Gasteiger charge is 2.32. The molecule has 0 unspecified atom stereocenters. The van der Waals surface area contributed by atoms with E-state index in [-0.39, 0.29) is 29.6 Å². The lowest BCUT2D eigenvalue weighted by Crippen LogP contribution is -2.48. The average molecular weight is 472 g/mol. The zero-order chi connectivity index (χ0) is 23.4. The van der Waals surface area contributed by atoms with E-state index in [9.17, 15) is 13.2 Å². The maximum atomic E-state index is 13.0. The fourth-order valence-electron chi connectivity index (χ4n) is 3.66. The summed E-state index contributed by atoms with van der Waals surface area (Å²) in [7, 11) is -3.64. The van der Waals surface area contributed by atoms with E-state index in [2.05, 4.69) is 26.2 Å². The van der Waals surface area contributed by atoms with Crippen molar-refractivity contribution >= 4 is 27.3 Å². The molecule has 3 aromatic rings. The average Bonchev–Trinajstić information content (AvgIpc) is 3.32. The van der Waals surface area contributed by atoms with Crippen LogP contribution in [0.2, 0.25) is 0 Å². The smallest absolute Gasteiger partial charge is 0.243 e. The summed E-state index contributed by atoms with van der Waals surface area (Å²) in [6.07, 6.45) is 1.13. The number of hydrogen-bond acceptors (Lipinski definition) is 8. The molecule has 11 nitrogen and oxygen atoms in total. The molecular formula is C21H25N7O4S. The summed E-state index contributed by atoms with van der Waals surface area (Å²) in [4.78, 5) is 12.6. The number of carbonyl (C=O) groups excluding carboxylic acids is 1. The topological polar surface area (TPSA) is 131 Å². The van der Waals surface area contributed by atoms with Crippen LogP contribution in [0.3, 0.4) is 0 Å². The fraction of sp³-hybridized carbons (Fsp3) is 0.333. The molecule has 174 valence electrons. The third-order valence-corrected chi connectivity index (χ3v) is 6.95. The molecule has 2 heterocycles. The number of nitrogens with zero attached hydrogens (tertiary/aromatic N) is 5. The summed E-state index contributed by atoms with van der Waals surface area (Å²) >= 11 is 0. The number of rotatable bonds is 7. The number of carbonyl (C=O) groups is 1. The van der Waals surface area contributed by atoms with Gasteiger partial charge in [0.25, 0.3) is 0 Å². The van der Waals surface area contributed by atoms with Gasteiger partial charge in [0.05, 0.1) is 35.0 Å². The van der Waals surface area contributed by atoms with Crippen LogP contribution in [-0.2, 0) is 19.6 Å². The van der Waals surface area contributed by atoms with Gasteiger partial charge in [-0.15, -0.1) is 5.10 Å². The molecule has 1 amide bonds. The molecule has 12 heteroatoms. The molecule has 0 aliphatic carbocycles. The van der Waals surface area contributed by atoms with Gasteiger partial charge in [-0.2, -0.15) is 8.99 Å². The number of nitrogens with one attached hydrogen (secondary N) is 2. The quantitative estimate of drug-likeness (QED) is 0.530. The first-order valence-electron chi connectivity index (χ1n) is 10.4. The second kappa shape index (κ2) is 9.65. The minimum Gasteiger partial charge on any atom is -0.374 e.